The average Bonchev–Trinajstić information content (AvgIpc) is 2.62. The molecule has 0 saturated carbocycles. The summed E-state index contributed by atoms with van der Waals surface area (Å²) in [6.07, 6.45) is 0. The second-order valence-corrected chi connectivity index (χ2v) is 9.57. The van der Waals surface area contributed by atoms with Gasteiger partial charge in [0.2, 0.25) is 21.6 Å². The van der Waals surface area contributed by atoms with Crippen LogP contribution < -0.4 is 10.1 Å². The van der Waals surface area contributed by atoms with Crippen molar-refractivity contribution >= 4 is 44.8 Å². The maximum absolute atomic E-state index is 13.8. The normalized spacial score (nSPS) is 15.7. The van der Waals surface area contributed by atoms with Crippen molar-refractivity contribution in [2.45, 2.75) is 17.4 Å². The van der Waals surface area contributed by atoms with Crippen LogP contribution in [0.15, 0.2) is 41.3 Å². The van der Waals surface area contributed by atoms with Crippen molar-refractivity contribution in [1.29, 1.82) is 0 Å². The number of carbonyl (C=O) groups excluding carboxylic acids is 1. The van der Waals surface area contributed by atoms with Gasteiger partial charge in [0.1, 0.15) is 28.6 Å². The van der Waals surface area contributed by atoms with Crippen LogP contribution in [0.5, 0.6) is 5.75 Å². The van der Waals surface area contributed by atoms with E-state index in [0.29, 0.717) is 5.02 Å². The molecule has 2 aromatic carbocycles. The molecule has 30 heavy (non-hydrogen) atoms. The van der Waals surface area contributed by atoms with Crippen LogP contribution in [-0.2, 0) is 14.8 Å². The number of benzene rings is 2. The summed E-state index contributed by atoms with van der Waals surface area (Å²) < 4.78 is 46.3. The first-order valence-electron chi connectivity index (χ1n) is 8.60. The van der Waals surface area contributed by atoms with E-state index in [4.69, 9.17) is 34.5 Å². The number of nitrogens with one attached hydrogen (secondary N) is 1. The molecule has 3 rings (SSSR count). The molecule has 1 aliphatic rings. The van der Waals surface area contributed by atoms with E-state index in [1.54, 1.807) is 0 Å². The van der Waals surface area contributed by atoms with E-state index in [9.17, 15) is 17.6 Å². The maximum atomic E-state index is 13.8. The highest BCUT2D eigenvalue weighted by Crippen LogP contribution is 2.33. The largest absolute Gasteiger partial charge is 0.491 e. The summed E-state index contributed by atoms with van der Waals surface area (Å²) in [6.45, 7) is 7.96. The number of halogens is 3. The van der Waals surface area contributed by atoms with Crippen molar-refractivity contribution in [3.05, 3.63) is 63.7 Å². The lowest BCUT2D eigenvalue weighted by atomic mass is 9.93. The van der Waals surface area contributed by atoms with E-state index >= 15 is 0 Å². The minimum atomic E-state index is -3.91. The van der Waals surface area contributed by atoms with E-state index in [0.717, 1.165) is 10.4 Å². The van der Waals surface area contributed by atoms with Crippen molar-refractivity contribution in [2.24, 2.45) is 0 Å². The molecule has 0 aliphatic carbocycles. The summed E-state index contributed by atoms with van der Waals surface area (Å²) in [5.41, 5.74) is -1.13. The van der Waals surface area contributed by atoms with Gasteiger partial charge in [-0.1, -0.05) is 23.2 Å². The number of sulfonamides is 1. The molecule has 1 saturated heterocycles. The lowest BCUT2D eigenvalue weighted by molar-refractivity contribution is -0.123. The van der Waals surface area contributed by atoms with Crippen LogP contribution >= 0.6 is 23.2 Å². The summed E-state index contributed by atoms with van der Waals surface area (Å²) in [7, 11) is -3.91. The third kappa shape index (κ3) is 4.52. The predicted octanol–water partition coefficient (Wildman–Crippen LogP) is 3.64. The van der Waals surface area contributed by atoms with Crippen molar-refractivity contribution < 1.29 is 22.3 Å². The van der Waals surface area contributed by atoms with E-state index < -0.39 is 21.4 Å². The quantitative estimate of drug-likeness (QED) is 0.652. The van der Waals surface area contributed by atoms with Gasteiger partial charge in [0, 0.05) is 31.1 Å². The number of nitrogens with zero attached hydrogens (tertiary/aromatic N) is 2. The van der Waals surface area contributed by atoms with E-state index in [1.807, 2.05) is 0 Å². The van der Waals surface area contributed by atoms with Crippen LogP contribution in [0.2, 0.25) is 10.0 Å². The highest BCUT2D eigenvalue weighted by molar-refractivity contribution is 7.89. The first kappa shape index (κ1) is 22.3. The summed E-state index contributed by atoms with van der Waals surface area (Å²) in [5.74, 6) is -0.937. The third-order valence-corrected chi connectivity index (χ3v) is 6.98. The molecule has 1 N–H and O–H groups in total. The summed E-state index contributed by atoms with van der Waals surface area (Å²) in [6, 6.07) is 7.85. The minimum Gasteiger partial charge on any atom is -0.491 e. The SMILES string of the molecule is [C-]#[N+]c1ccc(OCC2(NC(C)=O)CN(S(=O)(=O)c3ccc(Cl)cc3Cl)C2)cc1F. The van der Waals surface area contributed by atoms with Gasteiger partial charge in [0.15, 0.2) is 0 Å². The molecule has 0 bridgehead atoms. The molecule has 7 nitrogen and oxygen atoms in total. The molecule has 0 aromatic heterocycles. The molecule has 0 spiro atoms. The Hall–Kier alpha value is -2.38. The van der Waals surface area contributed by atoms with Gasteiger partial charge in [-0.3, -0.25) is 4.79 Å². The smallest absolute Gasteiger partial charge is 0.244 e. The van der Waals surface area contributed by atoms with Crippen molar-refractivity contribution in [2.75, 3.05) is 19.7 Å². The molecule has 0 atom stereocenters. The molecule has 1 fully saturated rings. The number of hydrogen-bond donors (Lipinski definition) is 1. The summed E-state index contributed by atoms with van der Waals surface area (Å²) in [4.78, 5) is 14.6. The van der Waals surface area contributed by atoms with Gasteiger partial charge in [0.05, 0.1) is 11.6 Å². The summed E-state index contributed by atoms with van der Waals surface area (Å²) >= 11 is 11.9. The Morgan fingerprint density at radius 1 is 1.30 bits per heavy atom. The molecule has 1 amide bonds. The highest BCUT2D eigenvalue weighted by Gasteiger charge is 2.50. The highest BCUT2D eigenvalue weighted by atomic mass is 35.5. The predicted molar refractivity (Wildman–Crippen MR) is 110 cm³/mol. The average molecular weight is 472 g/mol. The second-order valence-electron chi connectivity index (χ2n) is 6.82. The van der Waals surface area contributed by atoms with Crippen LogP contribution in [0.3, 0.4) is 0 Å². The van der Waals surface area contributed by atoms with Crippen molar-refractivity contribution in [1.82, 2.24) is 9.62 Å². The molecular weight excluding hydrogens is 456 g/mol. The zero-order chi connectivity index (χ0) is 22.1. The molecule has 1 heterocycles. The fourth-order valence-electron chi connectivity index (χ4n) is 3.09. The molecule has 0 radical (unpaired) electrons. The molecule has 158 valence electrons. The van der Waals surface area contributed by atoms with Crippen molar-refractivity contribution in [3.63, 3.8) is 0 Å². The Morgan fingerprint density at radius 3 is 2.57 bits per heavy atom. The fourth-order valence-corrected chi connectivity index (χ4v) is 5.45. The standard InChI is InChI=1S/C19H16Cl2FN3O4S/c1-12(26)24-19(11-29-14-4-5-17(23-2)16(22)8-14)9-25(10-19)30(27,28)18-6-3-13(20)7-15(18)21/h3-8H,9-11H2,1H3,(H,24,26). The number of ether oxygens (including phenoxy) is 1. The van der Waals surface area contributed by atoms with Crippen LogP contribution in [0, 0.1) is 12.4 Å². The molecular formula is C19H16Cl2FN3O4S. The van der Waals surface area contributed by atoms with Gasteiger partial charge in [-0.05, 0) is 30.3 Å². The third-order valence-electron chi connectivity index (χ3n) is 4.47. The Bertz CT molecular complexity index is 1140. The number of rotatable bonds is 6. The topological polar surface area (TPSA) is 80.1 Å². The Labute approximate surface area is 183 Å². The number of hydrogen-bond acceptors (Lipinski definition) is 4. The monoisotopic (exact) mass is 471 g/mol. The van der Waals surface area contributed by atoms with Gasteiger partial charge < -0.3 is 10.1 Å². The maximum Gasteiger partial charge on any atom is 0.244 e. The van der Waals surface area contributed by atoms with E-state index in [1.165, 1.54) is 37.3 Å². The van der Waals surface area contributed by atoms with Crippen LogP contribution in [0.4, 0.5) is 10.1 Å². The van der Waals surface area contributed by atoms with Gasteiger partial charge in [-0.2, -0.15) is 4.31 Å². The molecule has 0 unspecified atom stereocenters. The molecule has 1 aliphatic heterocycles. The van der Waals surface area contributed by atoms with Crippen LogP contribution in [-0.4, -0.2) is 43.9 Å². The number of amides is 1. The minimum absolute atomic E-state index is 0.00819. The van der Waals surface area contributed by atoms with Gasteiger partial charge >= 0.3 is 0 Å². The van der Waals surface area contributed by atoms with Crippen LogP contribution in [0.1, 0.15) is 6.92 Å². The number of carbonyl (C=O) groups is 1. The second kappa shape index (κ2) is 8.40. The Balaban J connectivity index is 1.76. The lowest BCUT2D eigenvalue weighted by Crippen LogP contribution is -2.73. The zero-order valence-corrected chi connectivity index (χ0v) is 18.0. The Morgan fingerprint density at radius 2 is 2.00 bits per heavy atom. The van der Waals surface area contributed by atoms with E-state index in [2.05, 4.69) is 10.2 Å². The fraction of sp³-hybridized carbons (Fsp3) is 0.263. The van der Waals surface area contributed by atoms with E-state index in [-0.39, 0.29) is 47.0 Å². The first-order chi connectivity index (χ1) is 14.1. The molecule has 2 aromatic rings. The van der Waals surface area contributed by atoms with Crippen LogP contribution in [0.25, 0.3) is 4.85 Å². The van der Waals surface area contributed by atoms with Gasteiger partial charge in [-0.25, -0.2) is 17.7 Å². The Kier molecular flexibility index (Phi) is 6.24. The van der Waals surface area contributed by atoms with Crippen molar-refractivity contribution in [3.8, 4) is 5.75 Å². The molecule has 11 heteroatoms. The van der Waals surface area contributed by atoms with Gasteiger partial charge in [-0.15, -0.1) is 0 Å². The first-order valence-corrected chi connectivity index (χ1v) is 10.8. The zero-order valence-electron chi connectivity index (χ0n) is 15.7. The van der Waals surface area contributed by atoms with Gasteiger partial charge in [0.25, 0.3) is 0 Å². The summed E-state index contributed by atoms with van der Waals surface area (Å²) in [5, 5.41) is 3.01. The lowest BCUT2D eigenvalue weighted by Gasteiger charge is -2.48.